The van der Waals surface area contributed by atoms with Gasteiger partial charge < -0.3 is 15.0 Å². The quantitative estimate of drug-likeness (QED) is 0.197. The topological polar surface area (TPSA) is 75.7 Å². The Hall–Kier alpha value is -1.64. The lowest BCUT2D eigenvalue weighted by Gasteiger charge is -2.34. The maximum atomic E-state index is 13.0. The number of halogens is 1. The second-order valence-corrected chi connectivity index (χ2v) is 9.55. The third-order valence-corrected chi connectivity index (χ3v) is 6.76. The van der Waals surface area contributed by atoms with Gasteiger partial charge in [0.2, 0.25) is 5.91 Å². The van der Waals surface area contributed by atoms with Crippen molar-refractivity contribution in [1.82, 2.24) is 10.2 Å². The van der Waals surface area contributed by atoms with E-state index in [4.69, 9.17) is 4.74 Å². The van der Waals surface area contributed by atoms with E-state index in [0.29, 0.717) is 25.3 Å². The summed E-state index contributed by atoms with van der Waals surface area (Å²) in [7, 11) is 0. The lowest BCUT2D eigenvalue weighted by Crippen LogP contribution is -2.58. The molecule has 1 aromatic carbocycles. The van der Waals surface area contributed by atoms with Gasteiger partial charge in [-0.05, 0) is 41.1 Å². The summed E-state index contributed by atoms with van der Waals surface area (Å²) >= 11 is 2.11. The molecule has 1 atom stereocenters. The molecule has 1 aliphatic heterocycles. The van der Waals surface area contributed by atoms with Crippen LogP contribution in [0.3, 0.4) is 0 Å². The van der Waals surface area contributed by atoms with Crippen LogP contribution in [0.2, 0.25) is 0 Å². The molecule has 1 aromatic rings. The highest BCUT2D eigenvalue weighted by atomic mass is 127. The number of carbonyl (C=O) groups is 3. The molecular weight excluding hydrogens is 519 g/mol. The van der Waals surface area contributed by atoms with Crippen LogP contribution < -0.4 is 5.32 Å². The number of hydrogen-bond acceptors (Lipinski definition) is 4. The molecule has 32 heavy (non-hydrogen) atoms. The summed E-state index contributed by atoms with van der Waals surface area (Å²) in [5.74, 6) is -0.952. The zero-order chi connectivity index (χ0) is 23.2. The Bertz CT molecular complexity index is 740. The molecule has 0 aromatic heterocycles. The number of esters is 1. The second kappa shape index (κ2) is 15.2. The molecule has 1 unspecified atom stereocenters. The molecule has 1 heterocycles. The largest absolute Gasteiger partial charge is 0.466 e. The first-order valence-electron chi connectivity index (χ1n) is 12.0. The molecule has 0 radical (unpaired) electrons. The molecule has 1 aliphatic rings. The van der Waals surface area contributed by atoms with Gasteiger partial charge in [0.15, 0.2) is 0 Å². The van der Waals surface area contributed by atoms with Crippen LogP contribution in [0.1, 0.15) is 87.9 Å². The Morgan fingerprint density at radius 1 is 1.03 bits per heavy atom. The van der Waals surface area contributed by atoms with Gasteiger partial charge in [0.1, 0.15) is 6.04 Å². The summed E-state index contributed by atoms with van der Waals surface area (Å²) in [6.07, 6.45) is 12.1. The predicted molar refractivity (Wildman–Crippen MR) is 134 cm³/mol. The molecule has 2 rings (SSSR count). The van der Waals surface area contributed by atoms with Crippen molar-refractivity contribution in [3.05, 3.63) is 33.4 Å². The summed E-state index contributed by atoms with van der Waals surface area (Å²) in [4.78, 5) is 39.3. The van der Waals surface area contributed by atoms with Gasteiger partial charge in [-0.25, -0.2) is 0 Å². The summed E-state index contributed by atoms with van der Waals surface area (Å²) in [5.41, 5.74) is 0.548. The van der Waals surface area contributed by atoms with E-state index in [2.05, 4.69) is 34.8 Å². The second-order valence-electron chi connectivity index (χ2n) is 8.39. The average Bonchev–Trinajstić information content (AvgIpc) is 2.78. The third kappa shape index (κ3) is 9.08. The predicted octanol–water partition coefficient (Wildman–Crippen LogP) is 5.09. The van der Waals surface area contributed by atoms with Gasteiger partial charge in [0.25, 0.3) is 5.91 Å². The monoisotopic (exact) mass is 556 g/mol. The summed E-state index contributed by atoms with van der Waals surface area (Å²) in [6, 6.07) is 6.44. The number of nitrogens with zero attached hydrogens (tertiary/aromatic N) is 1. The molecule has 7 heteroatoms. The Morgan fingerprint density at radius 3 is 2.31 bits per heavy atom. The number of amides is 2. The normalized spacial score (nSPS) is 16.0. The highest BCUT2D eigenvalue weighted by Crippen LogP contribution is 2.19. The van der Waals surface area contributed by atoms with Crippen molar-refractivity contribution in [1.29, 1.82) is 0 Å². The van der Waals surface area contributed by atoms with Crippen molar-refractivity contribution in [2.75, 3.05) is 19.7 Å². The smallest absolute Gasteiger partial charge is 0.308 e. The van der Waals surface area contributed by atoms with Crippen LogP contribution in [0.25, 0.3) is 0 Å². The number of hydrogen-bond donors (Lipinski definition) is 1. The Kier molecular flexibility index (Phi) is 12.7. The minimum atomic E-state index is -0.826. The lowest BCUT2D eigenvalue weighted by molar-refractivity contribution is -0.147. The van der Waals surface area contributed by atoms with Gasteiger partial charge in [-0.3, -0.25) is 14.4 Å². The molecule has 6 nitrogen and oxygen atoms in total. The van der Waals surface area contributed by atoms with E-state index in [1.165, 1.54) is 49.8 Å². The number of carbonyl (C=O) groups excluding carboxylic acids is 3. The number of benzene rings is 1. The zero-order valence-electron chi connectivity index (χ0n) is 19.2. The van der Waals surface area contributed by atoms with Crippen molar-refractivity contribution >= 4 is 40.4 Å². The number of ether oxygens (including phenoxy) is 1. The summed E-state index contributed by atoms with van der Waals surface area (Å²) in [5, 5.41) is 2.76. The van der Waals surface area contributed by atoms with E-state index >= 15 is 0 Å². The fourth-order valence-electron chi connectivity index (χ4n) is 3.94. The van der Waals surface area contributed by atoms with E-state index in [-0.39, 0.29) is 18.2 Å². The van der Waals surface area contributed by atoms with Crippen LogP contribution in [0.15, 0.2) is 24.3 Å². The molecule has 1 N–H and O–H groups in total. The first-order valence-corrected chi connectivity index (χ1v) is 13.1. The number of nitrogens with one attached hydrogen (secondary N) is 1. The van der Waals surface area contributed by atoms with Crippen LogP contribution in [-0.2, 0) is 14.3 Å². The fraction of sp³-hybridized carbons (Fsp3) is 0.640. The van der Waals surface area contributed by atoms with E-state index in [0.717, 1.165) is 22.8 Å². The summed E-state index contributed by atoms with van der Waals surface area (Å²) < 4.78 is 6.19. The zero-order valence-corrected chi connectivity index (χ0v) is 21.4. The first-order chi connectivity index (χ1) is 15.5. The number of rotatable bonds is 14. The summed E-state index contributed by atoms with van der Waals surface area (Å²) in [6.45, 7) is 3.37. The van der Waals surface area contributed by atoms with Gasteiger partial charge in [-0.15, -0.1) is 0 Å². The van der Waals surface area contributed by atoms with Crippen molar-refractivity contribution in [3.63, 3.8) is 0 Å². The minimum Gasteiger partial charge on any atom is -0.466 e. The highest BCUT2D eigenvalue weighted by Gasteiger charge is 2.36. The maximum absolute atomic E-state index is 13.0. The van der Waals surface area contributed by atoms with E-state index in [1.807, 2.05) is 12.1 Å². The van der Waals surface area contributed by atoms with Gasteiger partial charge in [0, 0.05) is 16.7 Å². The van der Waals surface area contributed by atoms with E-state index < -0.39 is 12.0 Å². The average molecular weight is 556 g/mol. The molecule has 1 saturated heterocycles. The minimum absolute atomic E-state index is 0.112. The van der Waals surface area contributed by atoms with Crippen molar-refractivity contribution in [3.8, 4) is 0 Å². The van der Waals surface area contributed by atoms with E-state index in [1.54, 1.807) is 12.1 Å². The number of piperazine rings is 1. The van der Waals surface area contributed by atoms with Crippen LogP contribution >= 0.6 is 22.6 Å². The standard InChI is InChI=1S/C25H37IN2O4/c1-2-3-4-5-6-7-8-9-10-13-18-32-23(29)19-22-24(30)27-16-17-28(22)25(31)20-14-11-12-15-21(20)26/h11-12,14-15,22H,2-10,13,16-19H2,1H3,(H,27,30). The first kappa shape index (κ1) is 26.6. The Morgan fingerprint density at radius 2 is 1.66 bits per heavy atom. The fourth-order valence-corrected chi connectivity index (χ4v) is 4.56. The maximum Gasteiger partial charge on any atom is 0.308 e. The molecule has 1 fully saturated rings. The van der Waals surface area contributed by atoms with Gasteiger partial charge in [-0.2, -0.15) is 0 Å². The van der Waals surface area contributed by atoms with Gasteiger partial charge in [0.05, 0.1) is 18.6 Å². The Balaban J connectivity index is 1.69. The molecule has 0 aliphatic carbocycles. The Labute approximate surface area is 206 Å². The lowest BCUT2D eigenvalue weighted by atomic mass is 10.1. The number of unbranched alkanes of at least 4 members (excludes halogenated alkanes) is 9. The highest BCUT2D eigenvalue weighted by molar-refractivity contribution is 14.1. The molecule has 0 bridgehead atoms. The van der Waals surface area contributed by atoms with E-state index in [9.17, 15) is 14.4 Å². The third-order valence-electron chi connectivity index (χ3n) is 5.82. The van der Waals surface area contributed by atoms with Crippen LogP contribution in [0, 0.1) is 3.57 Å². The SMILES string of the molecule is CCCCCCCCCCCCOC(=O)CC1C(=O)NCCN1C(=O)c1ccccc1I. The molecule has 0 spiro atoms. The molecule has 2 amide bonds. The van der Waals surface area contributed by atoms with Gasteiger partial charge >= 0.3 is 5.97 Å². The van der Waals surface area contributed by atoms with Crippen LogP contribution in [-0.4, -0.2) is 48.4 Å². The molecular formula is C25H37IN2O4. The van der Waals surface area contributed by atoms with Crippen LogP contribution in [0.4, 0.5) is 0 Å². The molecule has 0 saturated carbocycles. The van der Waals surface area contributed by atoms with Gasteiger partial charge in [-0.1, -0.05) is 76.8 Å². The van der Waals surface area contributed by atoms with Crippen molar-refractivity contribution in [2.45, 2.75) is 83.6 Å². The van der Waals surface area contributed by atoms with Crippen LogP contribution in [0.5, 0.6) is 0 Å². The van der Waals surface area contributed by atoms with Crippen molar-refractivity contribution < 1.29 is 19.1 Å². The molecule has 178 valence electrons. The van der Waals surface area contributed by atoms with Crippen molar-refractivity contribution in [2.24, 2.45) is 0 Å².